The molecule has 8 nitrogen and oxygen atoms in total. The Hall–Kier alpha value is -2.64. The summed E-state index contributed by atoms with van der Waals surface area (Å²) < 4.78 is 5.88. The molecule has 4 aliphatic rings. The van der Waals surface area contributed by atoms with Gasteiger partial charge in [-0.15, -0.1) is 0 Å². The van der Waals surface area contributed by atoms with Gasteiger partial charge in [0.1, 0.15) is 17.7 Å². The molecule has 2 heterocycles. The van der Waals surface area contributed by atoms with E-state index in [1.807, 2.05) is 0 Å². The molecule has 1 spiro atoms. The smallest absolute Gasteiger partial charge is 0.325 e. The molecule has 3 aliphatic carbocycles. The second-order valence-electron chi connectivity index (χ2n) is 9.16. The molecule has 5 rings (SSSR count). The van der Waals surface area contributed by atoms with Crippen LogP contribution in [0.5, 0.6) is 5.88 Å². The summed E-state index contributed by atoms with van der Waals surface area (Å²) in [5.74, 6) is 0.424. The number of hydrogen-bond donors (Lipinski definition) is 2. The zero-order valence-corrected chi connectivity index (χ0v) is 16.3. The van der Waals surface area contributed by atoms with Gasteiger partial charge in [0, 0.05) is 12.2 Å². The Morgan fingerprint density at radius 2 is 2.00 bits per heavy atom. The maximum Gasteiger partial charge on any atom is 0.325 e. The fourth-order valence-corrected chi connectivity index (χ4v) is 5.17. The molecule has 0 radical (unpaired) electrons. The fourth-order valence-electron chi connectivity index (χ4n) is 5.17. The first kappa shape index (κ1) is 18.4. The molecule has 29 heavy (non-hydrogen) atoms. The van der Waals surface area contributed by atoms with Crippen molar-refractivity contribution in [3.63, 3.8) is 0 Å². The molecule has 3 saturated carbocycles. The van der Waals surface area contributed by atoms with E-state index in [0.29, 0.717) is 0 Å². The van der Waals surface area contributed by atoms with E-state index in [9.17, 15) is 14.4 Å². The van der Waals surface area contributed by atoms with E-state index >= 15 is 0 Å². The predicted molar refractivity (Wildman–Crippen MR) is 103 cm³/mol. The van der Waals surface area contributed by atoms with Gasteiger partial charge in [0.15, 0.2) is 0 Å². The number of amides is 4. The normalized spacial score (nSPS) is 33.2. The van der Waals surface area contributed by atoms with Gasteiger partial charge in [-0.1, -0.05) is 12.8 Å². The highest BCUT2D eigenvalue weighted by atomic mass is 16.5. The van der Waals surface area contributed by atoms with E-state index in [1.54, 1.807) is 18.3 Å². The average Bonchev–Trinajstić information content (AvgIpc) is 3.41. The molecule has 0 unspecified atom stereocenters. The van der Waals surface area contributed by atoms with Crippen LogP contribution >= 0.6 is 0 Å². The second-order valence-corrected chi connectivity index (χ2v) is 9.16. The number of nitrogens with one attached hydrogen (secondary N) is 1. The first-order valence-corrected chi connectivity index (χ1v) is 10.5. The van der Waals surface area contributed by atoms with Crippen LogP contribution in [0.3, 0.4) is 0 Å². The number of pyridine rings is 1. The minimum Gasteiger partial charge on any atom is -0.474 e. The number of hydrogen-bond acceptors (Lipinski definition) is 5. The lowest BCUT2D eigenvalue weighted by Gasteiger charge is -2.58. The highest BCUT2D eigenvalue weighted by Gasteiger charge is 2.58. The monoisotopic (exact) mass is 398 g/mol. The van der Waals surface area contributed by atoms with Crippen LogP contribution in [0.1, 0.15) is 61.7 Å². The minimum absolute atomic E-state index is 0.00888. The van der Waals surface area contributed by atoms with Gasteiger partial charge in [-0.25, -0.2) is 9.78 Å². The van der Waals surface area contributed by atoms with E-state index in [4.69, 9.17) is 10.5 Å². The molecule has 154 valence electrons. The van der Waals surface area contributed by atoms with Gasteiger partial charge in [-0.2, -0.15) is 0 Å². The highest BCUT2D eigenvalue weighted by Crippen LogP contribution is 2.58. The van der Waals surface area contributed by atoms with E-state index in [1.165, 1.54) is 17.7 Å². The average molecular weight is 398 g/mol. The van der Waals surface area contributed by atoms with Crippen molar-refractivity contribution >= 4 is 17.8 Å². The minimum atomic E-state index is -0.555. The maximum absolute atomic E-state index is 12.7. The third kappa shape index (κ3) is 3.34. The lowest BCUT2D eigenvalue weighted by atomic mass is 9.52. The molecule has 1 saturated heterocycles. The van der Waals surface area contributed by atoms with Crippen molar-refractivity contribution in [1.82, 2.24) is 15.2 Å². The number of nitrogens with zero attached hydrogens (tertiary/aromatic N) is 2. The number of rotatable bonds is 7. The number of aromatic nitrogens is 1. The molecular formula is C21H26N4O4. The van der Waals surface area contributed by atoms with Crippen molar-refractivity contribution in [2.75, 3.05) is 0 Å². The molecule has 1 aliphatic heterocycles. The van der Waals surface area contributed by atoms with Gasteiger partial charge in [-0.05, 0) is 62.0 Å². The van der Waals surface area contributed by atoms with Crippen LogP contribution in [-0.2, 0) is 4.79 Å². The maximum atomic E-state index is 12.7. The highest BCUT2D eigenvalue weighted by molar-refractivity contribution is 6.04. The number of carbonyl (C=O) groups is 3. The summed E-state index contributed by atoms with van der Waals surface area (Å²) in [6.07, 6.45) is 9.19. The molecule has 1 aromatic heterocycles. The summed E-state index contributed by atoms with van der Waals surface area (Å²) in [4.78, 5) is 42.1. The van der Waals surface area contributed by atoms with Gasteiger partial charge in [0.2, 0.25) is 5.88 Å². The third-order valence-electron chi connectivity index (χ3n) is 6.95. The Kier molecular flexibility index (Phi) is 4.26. The van der Waals surface area contributed by atoms with Gasteiger partial charge in [-0.3, -0.25) is 14.5 Å². The topological polar surface area (TPSA) is 115 Å². The van der Waals surface area contributed by atoms with E-state index in [0.717, 1.165) is 44.4 Å². The van der Waals surface area contributed by atoms with Crippen molar-refractivity contribution in [3.05, 3.63) is 23.9 Å². The molecule has 1 aromatic rings. The van der Waals surface area contributed by atoms with Crippen molar-refractivity contribution in [1.29, 1.82) is 0 Å². The zero-order valence-electron chi connectivity index (χ0n) is 16.3. The number of urea groups is 1. The number of imide groups is 1. The van der Waals surface area contributed by atoms with Crippen molar-refractivity contribution in [3.8, 4) is 5.88 Å². The molecule has 8 heteroatoms. The third-order valence-corrected chi connectivity index (χ3v) is 6.95. The summed E-state index contributed by atoms with van der Waals surface area (Å²) >= 11 is 0. The van der Waals surface area contributed by atoms with Crippen LogP contribution in [-0.4, -0.2) is 45.9 Å². The standard InChI is InChI=1S/C21H26N4O4/c22-17(26)15-2-1-7-23-18(15)29-14-10-21(11-14)8-13(9-21)25-19(27)16(24-20(25)28)6-5-12-3-4-12/h1-2,7,12-14,16H,3-6,8-11H2,(H2,22,26)(H,24,28)/t13?,14?,16-,21?/m1/s1. The first-order valence-electron chi connectivity index (χ1n) is 10.5. The molecule has 3 N–H and O–H groups in total. The summed E-state index contributed by atoms with van der Waals surface area (Å²) in [6, 6.07) is 2.68. The fraction of sp³-hybridized carbons (Fsp3) is 0.619. The quantitative estimate of drug-likeness (QED) is 0.682. The summed E-state index contributed by atoms with van der Waals surface area (Å²) in [7, 11) is 0. The second kappa shape index (κ2) is 6.71. The van der Waals surface area contributed by atoms with Crippen molar-refractivity contribution in [2.45, 2.75) is 69.6 Å². The van der Waals surface area contributed by atoms with Gasteiger partial charge in [0.05, 0.1) is 0 Å². The molecular weight excluding hydrogens is 372 g/mol. The van der Waals surface area contributed by atoms with E-state index in [2.05, 4.69) is 10.3 Å². The lowest BCUT2D eigenvalue weighted by molar-refractivity contribution is -0.140. The Balaban J connectivity index is 1.13. The SMILES string of the molecule is NC(=O)c1cccnc1OC1CC2(C1)CC(N1C(=O)N[C@H](CCC3CC3)C1=O)C2. The van der Waals surface area contributed by atoms with Crippen LogP contribution in [0.15, 0.2) is 18.3 Å². The summed E-state index contributed by atoms with van der Waals surface area (Å²) in [6.45, 7) is 0. The van der Waals surface area contributed by atoms with Gasteiger partial charge < -0.3 is 15.8 Å². The summed E-state index contributed by atoms with van der Waals surface area (Å²) in [5, 5.41) is 2.87. The molecule has 1 atom stereocenters. The molecule has 4 amide bonds. The first-order chi connectivity index (χ1) is 13.9. The van der Waals surface area contributed by atoms with E-state index in [-0.39, 0.29) is 47.0 Å². The van der Waals surface area contributed by atoms with Crippen molar-refractivity contribution < 1.29 is 19.1 Å². The van der Waals surface area contributed by atoms with Crippen molar-refractivity contribution in [2.24, 2.45) is 17.1 Å². The number of carbonyl (C=O) groups excluding carboxylic acids is 3. The van der Waals surface area contributed by atoms with Gasteiger partial charge >= 0.3 is 6.03 Å². The Labute approximate surface area is 169 Å². The Morgan fingerprint density at radius 3 is 2.69 bits per heavy atom. The van der Waals surface area contributed by atoms with E-state index < -0.39 is 5.91 Å². The van der Waals surface area contributed by atoms with Crippen LogP contribution in [0.2, 0.25) is 0 Å². The Morgan fingerprint density at radius 1 is 1.24 bits per heavy atom. The molecule has 0 bridgehead atoms. The van der Waals surface area contributed by atoms with Crippen LogP contribution in [0.25, 0.3) is 0 Å². The number of nitrogens with two attached hydrogens (primary N) is 1. The van der Waals surface area contributed by atoms with Crippen LogP contribution < -0.4 is 15.8 Å². The van der Waals surface area contributed by atoms with Gasteiger partial charge in [0.25, 0.3) is 11.8 Å². The number of ether oxygens (including phenoxy) is 1. The molecule has 0 aromatic carbocycles. The zero-order chi connectivity index (χ0) is 20.2. The Bertz CT molecular complexity index is 854. The summed E-state index contributed by atoms with van der Waals surface area (Å²) in [5.41, 5.74) is 5.79. The van der Waals surface area contributed by atoms with Crippen LogP contribution in [0.4, 0.5) is 4.79 Å². The predicted octanol–water partition coefficient (Wildman–Crippen LogP) is 1.98. The largest absolute Gasteiger partial charge is 0.474 e. The number of primary amides is 1. The van der Waals surface area contributed by atoms with Crippen LogP contribution in [0, 0.1) is 11.3 Å². The lowest BCUT2D eigenvalue weighted by Crippen LogP contribution is -2.60. The molecule has 4 fully saturated rings.